The zero-order valence-electron chi connectivity index (χ0n) is 27.4. The van der Waals surface area contributed by atoms with E-state index < -0.39 is 5.60 Å². The first kappa shape index (κ1) is 32.4. The normalized spacial score (nSPS) is 24.3. The summed E-state index contributed by atoms with van der Waals surface area (Å²) < 4.78 is 24.9. The average Bonchev–Trinajstić information content (AvgIpc) is 3.21. The number of carbonyl (C=O) groups is 2. The van der Waals surface area contributed by atoms with Crippen LogP contribution in [0, 0.1) is 5.82 Å². The van der Waals surface area contributed by atoms with Crippen LogP contribution in [0.3, 0.4) is 0 Å². The van der Waals surface area contributed by atoms with Crippen LogP contribution in [-0.2, 0) is 26.1 Å². The molecule has 0 saturated carbocycles. The highest BCUT2D eigenvalue weighted by atomic mass is 19.1. The molecule has 0 aromatic heterocycles. The molecule has 0 N–H and O–H groups in total. The Morgan fingerprint density at radius 1 is 1.00 bits per heavy atom. The van der Waals surface area contributed by atoms with Gasteiger partial charge in [-0.1, -0.05) is 38.1 Å². The van der Waals surface area contributed by atoms with Crippen LogP contribution in [0.25, 0.3) is 0 Å². The molecular formula is C35H49FN4O4. The van der Waals surface area contributed by atoms with Gasteiger partial charge in [-0.05, 0) is 75.9 Å². The maximum Gasteiger partial charge on any atom is 0.410 e. The van der Waals surface area contributed by atoms with Gasteiger partial charge in [-0.15, -0.1) is 0 Å². The van der Waals surface area contributed by atoms with E-state index in [0.717, 1.165) is 35.5 Å². The van der Waals surface area contributed by atoms with Crippen LogP contribution in [0.5, 0.6) is 0 Å². The molecular weight excluding hydrogens is 559 g/mol. The summed E-state index contributed by atoms with van der Waals surface area (Å²) in [5.74, 6) is -0.183. The number of hydrogen-bond donors (Lipinski definition) is 0. The van der Waals surface area contributed by atoms with Gasteiger partial charge >= 0.3 is 6.09 Å². The summed E-state index contributed by atoms with van der Waals surface area (Å²) in [6.07, 6.45) is 0.361. The smallest absolute Gasteiger partial charge is 0.410 e. The van der Waals surface area contributed by atoms with Crippen molar-refractivity contribution < 1.29 is 23.5 Å². The SMILES string of the molecule is C[C@@H]1COCCN1C[C@H]1CN(C(=O)OC(C)(C)C)[C@H](C)CN1CC(=O)N1CC(C)(C)c2ccc(Cc3ccc(F)cc3)cc21. The maximum atomic E-state index is 14.2. The van der Waals surface area contributed by atoms with Gasteiger partial charge in [0, 0.05) is 62.0 Å². The molecule has 44 heavy (non-hydrogen) atoms. The Hall–Kier alpha value is -3.01. The third-order valence-corrected chi connectivity index (χ3v) is 9.13. The lowest BCUT2D eigenvalue weighted by molar-refractivity contribution is -0.121. The minimum absolute atomic E-state index is 0.0249. The van der Waals surface area contributed by atoms with Crippen LogP contribution in [0.4, 0.5) is 14.9 Å². The fraction of sp³-hybridized carbons (Fsp3) is 0.600. The molecule has 3 atom stereocenters. The van der Waals surface area contributed by atoms with Crippen molar-refractivity contribution in [1.29, 1.82) is 0 Å². The largest absolute Gasteiger partial charge is 0.444 e. The molecule has 0 unspecified atom stereocenters. The summed E-state index contributed by atoms with van der Waals surface area (Å²) in [6, 6.07) is 13.1. The third-order valence-electron chi connectivity index (χ3n) is 9.13. The van der Waals surface area contributed by atoms with Crippen molar-refractivity contribution in [3.05, 3.63) is 65.0 Å². The van der Waals surface area contributed by atoms with Crippen molar-refractivity contribution in [1.82, 2.24) is 14.7 Å². The van der Waals surface area contributed by atoms with Crippen LogP contribution in [0.15, 0.2) is 42.5 Å². The fourth-order valence-corrected chi connectivity index (χ4v) is 6.72. The van der Waals surface area contributed by atoms with E-state index in [2.05, 4.69) is 48.8 Å². The molecule has 2 amide bonds. The average molecular weight is 609 g/mol. The van der Waals surface area contributed by atoms with E-state index >= 15 is 0 Å². The zero-order chi connectivity index (χ0) is 31.8. The van der Waals surface area contributed by atoms with E-state index in [1.807, 2.05) is 49.6 Å². The number of carbonyl (C=O) groups excluding carboxylic acids is 2. The predicted molar refractivity (Wildman–Crippen MR) is 171 cm³/mol. The second-order valence-electron chi connectivity index (χ2n) is 14.5. The van der Waals surface area contributed by atoms with E-state index in [1.54, 1.807) is 0 Å². The number of piperazine rings is 1. The van der Waals surface area contributed by atoms with Gasteiger partial charge < -0.3 is 19.3 Å². The summed E-state index contributed by atoms with van der Waals surface area (Å²) >= 11 is 0. The number of fused-ring (bicyclic) bond motifs is 1. The van der Waals surface area contributed by atoms with Gasteiger partial charge in [0.05, 0.1) is 19.8 Å². The number of amides is 2. The Morgan fingerprint density at radius 3 is 2.39 bits per heavy atom. The molecule has 0 bridgehead atoms. The molecule has 3 aliphatic heterocycles. The number of hydrogen-bond acceptors (Lipinski definition) is 6. The Labute approximate surface area is 262 Å². The second-order valence-corrected chi connectivity index (χ2v) is 14.5. The highest BCUT2D eigenvalue weighted by Gasteiger charge is 2.42. The topological polar surface area (TPSA) is 65.6 Å². The van der Waals surface area contributed by atoms with Gasteiger partial charge in [0.2, 0.25) is 5.91 Å². The van der Waals surface area contributed by atoms with Crippen LogP contribution in [0.1, 0.15) is 65.2 Å². The van der Waals surface area contributed by atoms with Crippen LogP contribution >= 0.6 is 0 Å². The predicted octanol–water partition coefficient (Wildman–Crippen LogP) is 5.07. The number of nitrogens with zero attached hydrogens (tertiary/aromatic N) is 4. The number of ether oxygens (including phenoxy) is 2. The van der Waals surface area contributed by atoms with Crippen molar-refractivity contribution in [2.75, 3.05) is 57.4 Å². The molecule has 3 heterocycles. The maximum absolute atomic E-state index is 14.2. The van der Waals surface area contributed by atoms with Gasteiger partial charge in [0.25, 0.3) is 0 Å². The van der Waals surface area contributed by atoms with Gasteiger partial charge in [0.15, 0.2) is 0 Å². The summed E-state index contributed by atoms with van der Waals surface area (Å²) in [7, 11) is 0. The van der Waals surface area contributed by atoms with Crippen LogP contribution in [-0.4, -0.2) is 103 Å². The summed E-state index contributed by atoms with van der Waals surface area (Å²) in [6.45, 7) is 19.1. The number of rotatable bonds is 6. The van der Waals surface area contributed by atoms with E-state index in [0.29, 0.717) is 39.3 Å². The van der Waals surface area contributed by atoms with E-state index in [-0.39, 0.29) is 47.9 Å². The Bertz CT molecular complexity index is 1340. The van der Waals surface area contributed by atoms with Crippen LogP contribution in [0.2, 0.25) is 0 Å². The summed E-state index contributed by atoms with van der Waals surface area (Å²) in [5.41, 5.74) is 3.48. The highest BCUT2D eigenvalue weighted by molar-refractivity contribution is 5.97. The molecule has 5 rings (SSSR count). The van der Waals surface area contributed by atoms with Crippen LogP contribution < -0.4 is 4.90 Å². The minimum Gasteiger partial charge on any atom is -0.444 e. The second kappa shape index (κ2) is 12.8. The summed E-state index contributed by atoms with van der Waals surface area (Å²) in [4.78, 5) is 35.9. The molecule has 0 spiro atoms. The molecule has 3 aliphatic rings. The van der Waals surface area contributed by atoms with Gasteiger partial charge in [-0.2, -0.15) is 0 Å². The number of anilines is 1. The first-order valence-corrected chi connectivity index (χ1v) is 15.9. The molecule has 8 nitrogen and oxygen atoms in total. The first-order chi connectivity index (χ1) is 20.7. The van der Waals surface area contributed by atoms with Crippen molar-refractivity contribution in [2.45, 2.75) is 84.0 Å². The first-order valence-electron chi connectivity index (χ1n) is 15.9. The van der Waals surface area contributed by atoms with Gasteiger partial charge in [-0.3, -0.25) is 14.6 Å². The van der Waals surface area contributed by atoms with E-state index in [9.17, 15) is 14.0 Å². The molecule has 9 heteroatoms. The van der Waals surface area contributed by atoms with E-state index in [4.69, 9.17) is 9.47 Å². The van der Waals surface area contributed by atoms with Crippen molar-refractivity contribution in [2.24, 2.45) is 0 Å². The molecule has 2 saturated heterocycles. The number of halogens is 1. The molecule has 2 fully saturated rings. The summed E-state index contributed by atoms with van der Waals surface area (Å²) in [5, 5.41) is 0. The molecule has 0 radical (unpaired) electrons. The lowest BCUT2D eigenvalue weighted by Crippen LogP contribution is -2.64. The third kappa shape index (κ3) is 7.44. The van der Waals surface area contributed by atoms with Crippen molar-refractivity contribution in [3.8, 4) is 0 Å². The standard InChI is InChI=1S/C35H49FN4O4/c1-24-18-38(29(19-37-14-15-43-22-25(37)2)20-39(24)33(42)44-34(3,4)5)21-32(41)40-23-35(6,7)30-13-10-27(17-31(30)40)16-26-8-11-28(36)12-9-26/h8-13,17,24-25,29H,14-16,18-23H2,1-7H3/t24-,25-,29+/m1/s1. The Balaban J connectivity index is 1.36. The zero-order valence-corrected chi connectivity index (χ0v) is 27.4. The molecule has 2 aromatic carbocycles. The Morgan fingerprint density at radius 2 is 1.70 bits per heavy atom. The molecule has 240 valence electrons. The fourth-order valence-electron chi connectivity index (χ4n) is 6.72. The van der Waals surface area contributed by atoms with Gasteiger partial charge in [-0.25, -0.2) is 9.18 Å². The number of benzene rings is 2. The Kier molecular flexibility index (Phi) is 9.40. The van der Waals surface area contributed by atoms with Crippen molar-refractivity contribution >= 4 is 17.7 Å². The lowest BCUT2D eigenvalue weighted by Gasteiger charge is -2.47. The van der Waals surface area contributed by atoms with Crippen molar-refractivity contribution in [3.63, 3.8) is 0 Å². The molecule has 2 aromatic rings. The quantitative estimate of drug-likeness (QED) is 0.457. The minimum atomic E-state index is -0.580. The highest BCUT2D eigenvalue weighted by Crippen LogP contribution is 2.41. The van der Waals surface area contributed by atoms with Gasteiger partial charge in [0.1, 0.15) is 11.4 Å². The lowest BCUT2D eigenvalue weighted by atomic mass is 9.86. The number of morpholine rings is 1. The molecule has 0 aliphatic carbocycles. The van der Waals surface area contributed by atoms with E-state index in [1.165, 1.54) is 12.1 Å². The monoisotopic (exact) mass is 608 g/mol.